The van der Waals surface area contributed by atoms with Crippen LogP contribution in [0.4, 0.5) is 22.0 Å². The molecule has 0 unspecified atom stereocenters. The normalized spacial score (nSPS) is 12.2. The molecule has 0 radical (unpaired) electrons. The van der Waals surface area contributed by atoms with Gasteiger partial charge in [-0.25, -0.2) is 8.78 Å². The van der Waals surface area contributed by atoms with E-state index in [9.17, 15) is 22.0 Å². The van der Waals surface area contributed by atoms with Gasteiger partial charge in [-0.3, -0.25) is 4.98 Å². The van der Waals surface area contributed by atoms with Crippen LogP contribution in [0.25, 0.3) is 0 Å². The Balaban J connectivity index is 3.15. The van der Waals surface area contributed by atoms with E-state index in [1.807, 2.05) is 0 Å². The molecule has 0 bridgehead atoms. The van der Waals surface area contributed by atoms with Crippen LogP contribution in [0.1, 0.15) is 17.7 Å². The van der Waals surface area contributed by atoms with Crippen LogP contribution in [0, 0.1) is 0 Å². The summed E-state index contributed by atoms with van der Waals surface area (Å²) in [6, 6.07) is 0.660. The van der Waals surface area contributed by atoms with Crippen molar-refractivity contribution < 1.29 is 22.0 Å². The second-order valence-corrected chi connectivity index (χ2v) is 3.24. The molecule has 0 saturated heterocycles. The lowest BCUT2D eigenvalue weighted by Crippen LogP contribution is -2.07. The Morgan fingerprint density at radius 1 is 1.29 bits per heavy atom. The molecular formula is C7H3BrF5N. The maximum absolute atomic E-state index is 12.1. The highest BCUT2D eigenvalue weighted by molar-refractivity contribution is 9.10. The lowest BCUT2D eigenvalue weighted by molar-refractivity contribution is -0.138. The molecule has 1 nitrogen and oxygen atoms in total. The molecule has 78 valence electrons. The van der Waals surface area contributed by atoms with Gasteiger partial charge in [0.25, 0.3) is 6.43 Å². The molecule has 0 atom stereocenters. The highest BCUT2D eigenvalue weighted by Crippen LogP contribution is 2.35. The first kappa shape index (κ1) is 11.4. The van der Waals surface area contributed by atoms with Gasteiger partial charge in [-0.2, -0.15) is 13.2 Å². The number of pyridine rings is 1. The van der Waals surface area contributed by atoms with Gasteiger partial charge in [-0.15, -0.1) is 0 Å². The van der Waals surface area contributed by atoms with E-state index >= 15 is 0 Å². The number of hydrogen-bond donors (Lipinski definition) is 0. The molecule has 0 aliphatic heterocycles. The maximum atomic E-state index is 12.1. The van der Waals surface area contributed by atoms with Crippen molar-refractivity contribution in [2.24, 2.45) is 0 Å². The van der Waals surface area contributed by atoms with Crippen LogP contribution in [0.3, 0.4) is 0 Å². The van der Waals surface area contributed by atoms with E-state index in [4.69, 9.17) is 0 Å². The number of aromatic nitrogens is 1. The van der Waals surface area contributed by atoms with Crippen molar-refractivity contribution in [3.63, 3.8) is 0 Å². The van der Waals surface area contributed by atoms with Gasteiger partial charge in [0.1, 0.15) is 5.69 Å². The highest BCUT2D eigenvalue weighted by atomic mass is 79.9. The van der Waals surface area contributed by atoms with Gasteiger partial charge in [0.15, 0.2) is 0 Å². The van der Waals surface area contributed by atoms with Crippen LogP contribution < -0.4 is 0 Å². The summed E-state index contributed by atoms with van der Waals surface area (Å²) in [7, 11) is 0. The first-order valence-corrected chi connectivity index (χ1v) is 4.12. The smallest absolute Gasteiger partial charge is 0.255 e. The lowest BCUT2D eigenvalue weighted by atomic mass is 10.2. The summed E-state index contributed by atoms with van der Waals surface area (Å²) in [6.45, 7) is 0. The van der Waals surface area contributed by atoms with Crippen molar-refractivity contribution in [1.82, 2.24) is 4.98 Å². The van der Waals surface area contributed by atoms with E-state index in [0.717, 1.165) is 0 Å². The van der Waals surface area contributed by atoms with Gasteiger partial charge in [-0.05, 0) is 6.07 Å². The second kappa shape index (κ2) is 3.80. The third kappa shape index (κ3) is 2.40. The first-order chi connectivity index (χ1) is 6.32. The summed E-state index contributed by atoms with van der Waals surface area (Å²) in [6.07, 6.45) is -7.09. The molecule has 1 aromatic heterocycles. The van der Waals surface area contributed by atoms with Crippen LogP contribution in [0.15, 0.2) is 16.7 Å². The minimum absolute atomic E-state index is 0.381. The number of rotatable bonds is 1. The fraction of sp³-hybridized carbons (Fsp3) is 0.286. The zero-order valence-corrected chi connectivity index (χ0v) is 8.03. The molecule has 0 saturated carbocycles. The van der Waals surface area contributed by atoms with E-state index in [-0.39, 0.29) is 0 Å². The zero-order valence-electron chi connectivity index (χ0n) is 6.45. The molecule has 0 aromatic carbocycles. The van der Waals surface area contributed by atoms with Crippen LogP contribution in [-0.2, 0) is 6.18 Å². The van der Waals surface area contributed by atoms with Gasteiger partial charge >= 0.3 is 6.18 Å². The number of hydrogen-bond acceptors (Lipinski definition) is 1. The molecule has 1 rings (SSSR count). The first-order valence-electron chi connectivity index (χ1n) is 3.33. The average Bonchev–Trinajstić information content (AvgIpc) is 2.01. The third-order valence-corrected chi connectivity index (χ3v) is 2.06. The molecule has 7 heteroatoms. The molecule has 0 spiro atoms. The Labute approximate surface area is 84.1 Å². The van der Waals surface area contributed by atoms with Gasteiger partial charge in [0, 0.05) is 10.7 Å². The predicted molar refractivity (Wildman–Crippen MR) is 41.9 cm³/mol. The number of halogens is 6. The average molecular weight is 276 g/mol. The van der Waals surface area contributed by atoms with E-state index in [2.05, 4.69) is 20.9 Å². The molecule has 1 aromatic rings. The van der Waals surface area contributed by atoms with Gasteiger partial charge in [0.2, 0.25) is 0 Å². The van der Waals surface area contributed by atoms with Crippen molar-refractivity contribution >= 4 is 15.9 Å². The van der Waals surface area contributed by atoms with Crippen molar-refractivity contribution in [1.29, 1.82) is 0 Å². The monoisotopic (exact) mass is 275 g/mol. The molecular weight excluding hydrogens is 273 g/mol. The third-order valence-electron chi connectivity index (χ3n) is 1.40. The molecule has 0 amide bonds. The predicted octanol–water partition coefficient (Wildman–Crippen LogP) is 3.80. The topological polar surface area (TPSA) is 12.9 Å². The van der Waals surface area contributed by atoms with Crippen LogP contribution in [0.5, 0.6) is 0 Å². The number of nitrogens with zero attached hydrogens (tertiary/aromatic N) is 1. The summed E-state index contributed by atoms with van der Waals surface area (Å²) in [5.41, 5.74) is -1.76. The van der Waals surface area contributed by atoms with Crippen molar-refractivity contribution in [2.75, 3.05) is 0 Å². The van der Waals surface area contributed by atoms with Crippen molar-refractivity contribution in [3.8, 4) is 0 Å². The summed E-state index contributed by atoms with van der Waals surface area (Å²) in [5.74, 6) is 0. The SMILES string of the molecule is FC(F)c1cc(Br)c(C(F)(F)F)cn1. The minimum Gasteiger partial charge on any atom is -0.255 e. The maximum Gasteiger partial charge on any atom is 0.418 e. The Hall–Kier alpha value is -0.720. The molecule has 0 aliphatic carbocycles. The van der Waals surface area contributed by atoms with Crippen LogP contribution in [0.2, 0.25) is 0 Å². The summed E-state index contributed by atoms with van der Waals surface area (Å²) in [5, 5.41) is 0. The van der Waals surface area contributed by atoms with E-state index in [1.165, 1.54) is 0 Å². The molecule has 1 heterocycles. The fourth-order valence-corrected chi connectivity index (χ4v) is 1.34. The standard InChI is InChI=1S/C7H3BrF5N/c8-4-1-5(6(9)10)14-2-3(4)7(11,12)13/h1-2,6H. The molecule has 0 aliphatic rings. The largest absolute Gasteiger partial charge is 0.418 e. The minimum atomic E-state index is -4.59. The highest BCUT2D eigenvalue weighted by Gasteiger charge is 2.33. The molecule has 14 heavy (non-hydrogen) atoms. The van der Waals surface area contributed by atoms with Crippen LogP contribution >= 0.6 is 15.9 Å². The van der Waals surface area contributed by atoms with E-state index in [1.54, 1.807) is 0 Å². The lowest BCUT2D eigenvalue weighted by Gasteiger charge is -2.09. The summed E-state index contributed by atoms with van der Waals surface area (Å²) in [4.78, 5) is 3.01. The van der Waals surface area contributed by atoms with E-state index < -0.39 is 28.3 Å². The van der Waals surface area contributed by atoms with Crippen LogP contribution in [-0.4, -0.2) is 4.98 Å². The molecule has 0 N–H and O–H groups in total. The fourth-order valence-electron chi connectivity index (χ4n) is 0.774. The number of alkyl halides is 5. The van der Waals surface area contributed by atoms with E-state index in [0.29, 0.717) is 12.3 Å². The van der Waals surface area contributed by atoms with Gasteiger partial charge in [0.05, 0.1) is 5.56 Å². The van der Waals surface area contributed by atoms with Crippen molar-refractivity contribution in [2.45, 2.75) is 12.6 Å². The Morgan fingerprint density at radius 2 is 1.86 bits per heavy atom. The van der Waals surface area contributed by atoms with Gasteiger partial charge in [-0.1, -0.05) is 15.9 Å². The Kier molecular flexibility index (Phi) is 3.08. The Bertz CT molecular complexity index is 335. The van der Waals surface area contributed by atoms with Crippen molar-refractivity contribution in [3.05, 3.63) is 28.0 Å². The summed E-state index contributed by atoms with van der Waals surface area (Å²) >= 11 is 2.56. The van der Waals surface area contributed by atoms with Gasteiger partial charge < -0.3 is 0 Å². The summed E-state index contributed by atoms with van der Waals surface area (Å²) < 4.78 is 60.0. The molecule has 0 fully saturated rings. The second-order valence-electron chi connectivity index (χ2n) is 2.39. The quantitative estimate of drug-likeness (QED) is 0.711. The Morgan fingerprint density at radius 3 is 2.21 bits per heavy atom. The zero-order chi connectivity index (χ0) is 10.9.